The molecule has 0 unspecified atom stereocenters. The van der Waals surface area contributed by atoms with Gasteiger partial charge in [0.25, 0.3) is 5.91 Å². The van der Waals surface area contributed by atoms with Crippen LogP contribution in [0.4, 0.5) is 0 Å². The van der Waals surface area contributed by atoms with E-state index in [0.717, 1.165) is 27.4 Å². The molecule has 0 fully saturated rings. The Labute approximate surface area is 111 Å². The zero-order valence-electron chi connectivity index (χ0n) is 10.3. The number of carbonyl (C=O) groups excluding carboxylic acids is 1. The molecule has 1 aromatic heterocycles. The summed E-state index contributed by atoms with van der Waals surface area (Å²) in [5.41, 5.74) is 2.47. The summed E-state index contributed by atoms with van der Waals surface area (Å²) in [6, 6.07) is 13.4. The first-order valence-corrected chi connectivity index (χ1v) is 5.93. The largest absolute Gasteiger partial charge is 0.276 e. The molecule has 90 valence electrons. The molecule has 2 heteroatoms. The molecule has 3 aromatic rings. The van der Waals surface area contributed by atoms with Gasteiger partial charge in [-0.3, -0.25) is 9.36 Å². The van der Waals surface area contributed by atoms with Gasteiger partial charge in [0.2, 0.25) is 0 Å². The van der Waals surface area contributed by atoms with Gasteiger partial charge >= 0.3 is 0 Å². The normalized spacial score (nSPS) is 10.5. The molecule has 0 spiro atoms. The van der Waals surface area contributed by atoms with E-state index in [1.54, 1.807) is 4.57 Å². The molecule has 0 aliphatic carbocycles. The monoisotopic (exact) mass is 245 g/mol. The second-order valence-corrected chi connectivity index (χ2v) is 4.24. The Balaban J connectivity index is 2.64. The highest BCUT2D eigenvalue weighted by molar-refractivity contribution is 6.16. The van der Waals surface area contributed by atoms with E-state index in [1.165, 1.54) is 6.08 Å². The van der Waals surface area contributed by atoms with Crippen LogP contribution in [0.15, 0.2) is 55.1 Å². The molecule has 0 saturated carbocycles. The third-order valence-corrected chi connectivity index (χ3v) is 3.25. The number of allylic oxidation sites excluding steroid dienone is 1. The lowest BCUT2D eigenvalue weighted by molar-refractivity contribution is 0.0978. The Kier molecular flexibility index (Phi) is 2.47. The summed E-state index contributed by atoms with van der Waals surface area (Å²) < 4.78 is 1.65. The maximum absolute atomic E-state index is 12.1. The first-order valence-electron chi connectivity index (χ1n) is 5.93. The average Bonchev–Trinajstić information content (AvgIpc) is 2.81. The van der Waals surface area contributed by atoms with Crippen molar-refractivity contribution in [1.82, 2.24) is 4.57 Å². The Hall–Kier alpha value is -2.79. The minimum absolute atomic E-state index is 0.152. The van der Waals surface area contributed by atoms with Crippen molar-refractivity contribution in [3.8, 4) is 12.3 Å². The summed E-state index contributed by atoms with van der Waals surface area (Å²) in [4.78, 5) is 12.1. The van der Waals surface area contributed by atoms with Crippen LogP contribution in [0.25, 0.3) is 21.8 Å². The fraction of sp³-hybridized carbons (Fsp3) is 0. The summed E-state index contributed by atoms with van der Waals surface area (Å²) in [7, 11) is 0. The predicted molar refractivity (Wildman–Crippen MR) is 78.2 cm³/mol. The van der Waals surface area contributed by atoms with E-state index in [0.29, 0.717) is 0 Å². The van der Waals surface area contributed by atoms with Crippen molar-refractivity contribution in [2.75, 3.05) is 0 Å². The standard InChI is InChI=1S/C17H11NO/c1-3-12-8-7-11-15-17(12)13-9-5-6-10-14(13)18(15)16(19)4-2/h1,4-11H,2H2. The predicted octanol–water partition coefficient (Wildman–Crippen LogP) is 3.60. The van der Waals surface area contributed by atoms with Crippen LogP contribution in [0.5, 0.6) is 0 Å². The molecule has 0 radical (unpaired) electrons. The maximum Gasteiger partial charge on any atom is 0.254 e. The minimum atomic E-state index is -0.152. The molecule has 0 saturated heterocycles. The third-order valence-electron chi connectivity index (χ3n) is 3.25. The van der Waals surface area contributed by atoms with E-state index in [9.17, 15) is 4.79 Å². The van der Waals surface area contributed by atoms with Gasteiger partial charge in [-0.05, 0) is 24.3 Å². The number of aromatic nitrogens is 1. The molecule has 2 nitrogen and oxygen atoms in total. The lowest BCUT2D eigenvalue weighted by Crippen LogP contribution is -2.05. The van der Waals surface area contributed by atoms with Crippen LogP contribution in [0, 0.1) is 12.3 Å². The van der Waals surface area contributed by atoms with E-state index >= 15 is 0 Å². The van der Waals surface area contributed by atoms with E-state index in [4.69, 9.17) is 6.42 Å². The van der Waals surface area contributed by atoms with Crippen molar-refractivity contribution in [3.05, 3.63) is 60.7 Å². The number of para-hydroxylation sites is 1. The molecule has 0 aliphatic rings. The number of rotatable bonds is 1. The van der Waals surface area contributed by atoms with Crippen molar-refractivity contribution in [2.45, 2.75) is 0 Å². The third kappa shape index (κ3) is 1.49. The Morgan fingerprint density at radius 3 is 2.63 bits per heavy atom. The topological polar surface area (TPSA) is 22.0 Å². The highest BCUT2D eigenvalue weighted by atomic mass is 16.1. The molecule has 0 aliphatic heterocycles. The maximum atomic E-state index is 12.1. The van der Waals surface area contributed by atoms with Gasteiger partial charge < -0.3 is 0 Å². The lowest BCUT2D eigenvalue weighted by Gasteiger charge is -2.01. The van der Waals surface area contributed by atoms with Gasteiger partial charge in [0.05, 0.1) is 11.0 Å². The van der Waals surface area contributed by atoms with Crippen molar-refractivity contribution in [2.24, 2.45) is 0 Å². The van der Waals surface area contributed by atoms with Gasteiger partial charge in [-0.15, -0.1) is 6.42 Å². The highest BCUT2D eigenvalue weighted by Gasteiger charge is 2.15. The summed E-state index contributed by atoms with van der Waals surface area (Å²) >= 11 is 0. The quantitative estimate of drug-likeness (QED) is 0.474. The number of hydrogen-bond donors (Lipinski definition) is 0. The van der Waals surface area contributed by atoms with Crippen LogP contribution in [0.3, 0.4) is 0 Å². The van der Waals surface area contributed by atoms with Crippen LogP contribution >= 0.6 is 0 Å². The molecule has 0 atom stereocenters. The van der Waals surface area contributed by atoms with Crippen LogP contribution in [0.2, 0.25) is 0 Å². The SMILES string of the molecule is C#Cc1cccc2c1c1ccccc1n2C(=O)C=C. The molecular formula is C17H11NO. The fourth-order valence-corrected chi connectivity index (χ4v) is 2.47. The first kappa shape index (κ1) is 11.3. The van der Waals surface area contributed by atoms with Crippen molar-refractivity contribution >= 4 is 27.7 Å². The van der Waals surface area contributed by atoms with Crippen LogP contribution < -0.4 is 0 Å². The van der Waals surface area contributed by atoms with Crippen LogP contribution in [-0.2, 0) is 0 Å². The molecule has 0 bridgehead atoms. The van der Waals surface area contributed by atoms with Crippen LogP contribution in [0.1, 0.15) is 10.4 Å². The smallest absolute Gasteiger partial charge is 0.254 e. The van der Waals surface area contributed by atoms with E-state index in [1.807, 2.05) is 42.5 Å². The molecule has 0 N–H and O–H groups in total. The molecule has 19 heavy (non-hydrogen) atoms. The van der Waals surface area contributed by atoms with E-state index in [2.05, 4.69) is 12.5 Å². The summed E-state index contributed by atoms with van der Waals surface area (Å²) in [6.45, 7) is 3.56. The Bertz CT molecular complexity index is 862. The summed E-state index contributed by atoms with van der Waals surface area (Å²) in [5, 5.41) is 1.93. The number of fused-ring (bicyclic) bond motifs is 3. The highest BCUT2D eigenvalue weighted by Crippen LogP contribution is 2.31. The van der Waals surface area contributed by atoms with E-state index in [-0.39, 0.29) is 5.91 Å². The number of carbonyl (C=O) groups is 1. The minimum Gasteiger partial charge on any atom is -0.276 e. The zero-order valence-corrected chi connectivity index (χ0v) is 10.3. The van der Waals surface area contributed by atoms with Gasteiger partial charge in [-0.25, -0.2) is 0 Å². The molecule has 0 amide bonds. The molecular weight excluding hydrogens is 234 g/mol. The van der Waals surface area contributed by atoms with Gasteiger partial charge in [-0.1, -0.05) is 36.8 Å². The molecule has 3 rings (SSSR count). The second kappa shape index (κ2) is 4.15. The van der Waals surface area contributed by atoms with Gasteiger partial charge in [0.15, 0.2) is 0 Å². The molecule has 2 aromatic carbocycles. The second-order valence-electron chi connectivity index (χ2n) is 4.24. The van der Waals surface area contributed by atoms with Crippen LogP contribution in [-0.4, -0.2) is 10.5 Å². The van der Waals surface area contributed by atoms with Crippen molar-refractivity contribution in [3.63, 3.8) is 0 Å². The Morgan fingerprint density at radius 1 is 1.16 bits per heavy atom. The first-order chi connectivity index (χ1) is 9.27. The summed E-state index contributed by atoms with van der Waals surface area (Å²) in [5.74, 6) is 2.53. The fourth-order valence-electron chi connectivity index (χ4n) is 2.47. The lowest BCUT2D eigenvalue weighted by atomic mass is 10.1. The number of benzene rings is 2. The average molecular weight is 245 g/mol. The van der Waals surface area contributed by atoms with Gasteiger partial charge in [0, 0.05) is 16.3 Å². The number of hydrogen-bond acceptors (Lipinski definition) is 1. The summed E-state index contributed by atoms with van der Waals surface area (Å²) in [6.07, 6.45) is 6.87. The van der Waals surface area contributed by atoms with Crippen molar-refractivity contribution < 1.29 is 4.79 Å². The number of terminal acetylenes is 1. The van der Waals surface area contributed by atoms with Gasteiger partial charge in [-0.2, -0.15) is 0 Å². The Morgan fingerprint density at radius 2 is 1.89 bits per heavy atom. The van der Waals surface area contributed by atoms with Crippen molar-refractivity contribution in [1.29, 1.82) is 0 Å². The van der Waals surface area contributed by atoms with E-state index < -0.39 is 0 Å². The number of nitrogens with zero attached hydrogens (tertiary/aromatic N) is 1. The van der Waals surface area contributed by atoms with Gasteiger partial charge in [0.1, 0.15) is 0 Å². The zero-order chi connectivity index (χ0) is 13.4. The molecule has 1 heterocycles.